The highest BCUT2D eigenvalue weighted by Crippen LogP contribution is 2.08. The van der Waals surface area contributed by atoms with E-state index in [0.29, 0.717) is 5.11 Å². The van der Waals surface area contributed by atoms with E-state index in [2.05, 4.69) is 20.8 Å². The van der Waals surface area contributed by atoms with E-state index in [4.69, 9.17) is 17.0 Å². The molecule has 1 unspecified atom stereocenters. The number of nitrogens with zero attached hydrogens (tertiary/aromatic N) is 1. The molecule has 0 saturated carbocycles. The zero-order valence-electron chi connectivity index (χ0n) is 9.62. The molecule has 1 rings (SSSR count). The van der Waals surface area contributed by atoms with Crippen LogP contribution in [-0.2, 0) is 4.74 Å². The molecular weight excluding hydrogens is 224 g/mol. The van der Waals surface area contributed by atoms with Gasteiger partial charge in [-0.25, -0.2) is 0 Å². The van der Waals surface area contributed by atoms with Crippen molar-refractivity contribution in [1.82, 2.24) is 20.8 Å². The van der Waals surface area contributed by atoms with Crippen LogP contribution in [0, 0.1) is 0 Å². The summed E-state index contributed by atoms with van der Waals surface area (Å²) in [6, 6.07) is 0.154. The Morgan fingerprint density at radius 1 is 1.69 bits per heavy atom. The molecule has 0 amide bonds. The molecule has 0 spiro atoms. The van der Waals surface area contributed by atoms with E-state index in [9.17, 15) is 0 Å². The largest absolute Gasteiger partial charge is 0.385 e. The minimum Gasteiger partial charge on any atom is -0.385 e. The second-order valence-electron chi connectivity index (χ2n) is 3.50. The smallest absolute Gasteiger partial charge is 0.166 e. The maximum atomic E-state index is 5.16. The molecule has 0 aliphatic rings. The van der Waals surface area contributed by atoms with Gasteiger partial charge in [0.15, 0.2) is 5.11 Å². The Kier molecular flexibility index (Phi) is 5.81. The summed E-state index contributed by atoms with van der Waals surface area (Å²) >= 11 is 5.16. The molecule has 0 bridgehead atoms. The second-order valence-corrected chi connectivity index (χ2v) is 3.91. The van der Waals surface area contributed by atoms with Crippen molar-refractivity contribution in [2.75, 3.05) is 20.3 Å². The van der Waals surface area contributed by atoms with Gasteiger partial charge in [0.1, 0.15) is 0 Å². The Labute approximate surface area is 101 Å². The van der Waals surface area contributed by atoms with Crippen LogP contribution in [0.3, 0.4) is 0 Å². The average molecular weight is 242 g/mol. The van der Waals surface area contributed by atoms with Gasteiger partial charge >= 0.3 is 0 Å². The van der Waals surface area contributed by atoms with E-state index in [1.165, 1.54) is 0 Å². The molecule has 90 valence electrons. The number of ether oxygens (including phenoxy) is 1. The minimum atomic E-state index is 0.154. The van der Waals surface area contributed by atoms with E-state index in [-0.39, 0.29) is 6.04 Å². The number of aromatic nitrogens is 2. The van der Waals surface area contributed by atoms with Gasteiger partial charge in [-0.2, -0.15) is 5.10 Å². The van der Waals surface area contributed by atoms with E-state index >= 15 is 0 Å². The fourth-order valence-electron chi connectivity index (χ4n) is 1.25. The third-order valence-corrected chi connectivity index (χ3v) is 2.44. The maximum absolute atomic E-state index is 5.16. The van der Waals surface area contributed by atoms with Crippen LogP contribution in [0.1, 0.15) is 24.9 Å². The van der Waals surface area contributed by atoms with Gasteiger partial charge in [0.25, 0.3) is 0 Å². The molecule has 0 radical (unpaired) electrons. The molecule has 1 aromatic heterocycles. The van der Waals surface area contributed by atoms with Crippen LogP contribution in [0.25, 0.3) is 0 Å². The van der Waals surface area contributed by atoms with Crippen molar-refractivity contribution < 1.29 is 4.74 Å². The Hall–Kier alpha value is -1.14. The van der Waals surface area contributed by atoms with Crippen LogP contribution in [0.2, 0.25) is 0 Å². The van der Waals surface area contributed by atoms with Gasteiger partial charge in [0.05, 0.1) is 12.2 Å². The summed E-state index contributed by atoms with van der Waals surface area (Å²) in [6.07, 6.45) is 4.58. The van der Waals surface area contributed by atoms with E-state index in [1.807, 2.05) is 13.1 Å². The monoisotopic (exact) mass is 242 g/mol. The number of thiocarbonyl (C=S) groups is 1. The van der Waals surface area contributed by atoms with Gasteiger partial charge in [-0.05, 0) is 25.6 Å². The van der Waals surface area contributed by atoms with Crippen LogP contribution in [0.4, 0.5) is 0 Å². The van der Waals surface area contributed by atoms with Crippen molar-refractivity contribution in [3.8, 4) is 0 Å². The first kappa shape index (κ1) is 12.9. The first-order valence-electron chi connectivity index (χ1n) is 5.26. The zero-order chi connectivity index (χ0) is 11.8. The van der Waals surface area contributed by atoms with Crippen molar-refractivity contribution in [2.24, 2.45) is 0 Å². The quantitative estimate of drug-likeness (QED) is 0.512. The Morgan fingerprint density at radius 2 is 2.50 bits per heavy atom. The number of rotatable bonds is 6. The summed E-state index contributed by atoms with van der Waals surface area (Å²) in [5.41, 5.74) is 1.08. The summed E-state index contributed by atoms with van der Waals surface area (Å²) in [5, 5.41) is 13.6. The topological polar surface area (TPSA) is 62.0 Å². The highest BCUT2D eigenvalue weighted by atomic mass is 32.1. The maximum Gasteiger partial charge on any atom is 0.166 e. The fourth-order valence-corrected chi connectivity index (χ4v) is 1.53. The van der Waals surface area contributed by atoms with E-state index in [1.54, 1.807) is 13.3 Å². The lowest BCUT2D eigenvalue weighted by atomic mass is 10.2. The SMILES string of the molecule is COCCCNC(=S)NC(C)c1cn[nH]c1. The number of H-pyrrole nitrogens is 1. The Balaban J connectivity index is 2.19. The third-order valence-electron chi connectivity index (χ3n) is 2.18. The normalized spacial score (nSPS) is 12.1. The molecule has 0 aromatic carbocycles. The summed E-state index contributed by atoms with van der Waals surface area (Å²) in [5.74, 6) is 0. The number of hydrogen-bond donors (Lipinski definition) is 3. The molecule has 1 atom stereocenters. The number of hydrogen-bond acceptors (Lipinski definition) is 3. The first-order chi connectivity index (χ1) is 7.74. The number of nitrogens with one attached hydrogen (secondary N) is 3. The molecule has 1 heterocycles. The second kappa shape index (κ2) is 7.19. The van der Waals surface area contributed by atoms with Crippen LogP contribution in [0.15, 0.2) is 12.4 Å². The van der Waals surface area contributed by atoms with Gasteiger partial charge in [-0.3, -0.25) is 5.10 Å². The van der Waals surface area contributed by atoms with E-state index in [0.717, 1.165) is 25.1 Å². The van der Waals surface area contributed by atoms with Crippen LogP contribution < -0.4 is 10.6 Å². The molecular formula is C10H18N4OS. The lowest BCUT2D eigenvalue weighted by Gasteiger charge is -2.15. The minimum absolute atomic E-state index is 0.154. The van der Waals surface area contributed by atoms with Crippen LogP contribution in [-0.4, -0.2) is 35.6 Å². The van der Waals surface area contributed by atoms with Crippen molar-refractivity contribution in [1.29, 1.82) is 0 Å². The summed E-state index contributed by atoms with van der Waals surface area (Å²) in [7, 11) is 1.69. The fraction of sp³-hybridized carbons (Fsp3) is 0.600. The lowest BCUT2D eigenvalue weighted by Crippen LogP contribution is -2.37. The highest BCUT2D eigenvalue weighted by molar-refractivity contribution is 7.80. The molecule has 0 fully saturated rings. The van der Waals surface area contributed by atoms with Crippen molar-refractivity contribution in [3.05, 3.63) is 18.0 Å². The molecule has 16 heavy (non-hydrogen) atoms. The molecule has 3 N–H and O–H groups in total. The van der Waals surface area contributed by atoms with Gasteiger partial charge < -0.3 is 15.4 Å². The molecule has 0 aliphatic heterocycles. The summed E-state index contributed by atoms with van der Waals surface area (Å²) < 4.78 is 4.95. The third kappa shape index (κ3) is 4.59. The Morgan fingerprint density at radius 3 is 3.12 bits per heavy atom. The van der Waals surface area contributed by atoms with E-state index < -0.39 is 0 Å². The number of methoxy groups -OCH3 is 1. The average Bonchev–Trinajstić information content (AvgIpc) is 2.77. The van der Waals surface area contributed by atoms with Crippen molar-refractivity contribution in [2.45, 2.75) is 19.4 Å². The molecule has 0 saturated heterocycles. The molecule has 5 nitrogen and oxygen atoms in total. The van der Waals surface area contributed by atoms with Crippen molar-refractivity contribution >= 4 is 17.3 Å². The standard InChI is InChI=1S/C10H18N4OS/c1-8(9-6-12-13-7-9)14-10(16)11-4-3-5-15-2/h6-8H,3-5H2,1-2H3,(H,12,13)(H2,11,14,16). The van der Waals surface area contributed by atoms with Gasteiger partial charge in [0, 0.05) is 32.0 Å². The summed E-state index contributed by atoms with van der Waals surface area (Å²) in [6.45, 7) is 3.60. The molecule has 6 heteroatoms. The predicted octanol–water partition coefficient (Wildman–Crippen LogP) is 0.971. The molecule has 1 aromatic rings. The van der Waals surface area contributed by atoms with Crippen molar-refractivity contribution in [3.63, 3.8) is 0 Å². The van der Waals surface area contributed by atoms with Gasteiger partial charge in [0.2, 0.25) is 0 Å². The van der Waals surface area contributed by atoms with Gasteiger partial charge in [-0.15, -0.1) is 0 Å². The highest BCUT2D eigenvalue weighted by Gasteiger charge is 2.06. The van der Waals surface area contributed by atoms with Crippen LogP contribution >= 0.6 is 12.2 Å². The lowest BCUT2D eigenvalue weighted by molar-refractivity contribution is 0.195. The Bertz CT molecular complexity index is 302. The van der Waals surface area contributed by atoms with Crippen LogP contribution in [0.5, 0.6) is 0 Å². The molecule has 0 aliphatic carbocycles. The van der Waals surface area contributed by atoms with Gasteiger partial charge in [-0.1, -0.05) is 0 Å². The number of aromatic amines is 1. The zero-order valence-corrected chi connectivity index (χ0v) is 10.4. The predicted molar refractivity (Wildman–Crippen MR) is 67.2 cm³/mol. The first-order valence-corrected chi connectivity index (χ1v) is 5.67. The summed E-state index contributed by atoms with van der Waals surface area (Å²) in [4.78, 5) is 0.